The van der Waals surface area contributed by atoms with E-state index in [2.05, 4.69) is 70.0 Å². The summed E-state index contributed by atoms with van der Waals surface area (Å²) in [4.78, 5) is 0. The van der Waals surface area contributed by atoms with Gasteiger partial charge in [-0.05, 0) is 86.0 Å². The normalized spacial score (nSPS) is 22.5. The standard InChI is InChI=1S/C22H30N4.ClH/c1-3-19(15-23-13-1)17-5-9-21(10-6-17)25-26-22-11-7-18(8-12-22)20-4-2-14-24-16-20;/h5-12,19-20,23-26H,1-4,13-16H2;1H. The highest BCUT2D eigenvalue weighted by molar-refractivity contribution is 5.85. The third-order valence-electron chi connectivity index (χ3n) is 5.71. The number of hydrogen-bond acceptors (Lipinski definition) is 4. The number of rotatable bonds is 5. The Morgan fingerprint density at radius 1 is 0.630 bits per heavy atom. The third-order valence-corrected chi connectivity index (χ3v) is 5.71. The maximum atomic E-state index is 3.49. The molecule has 2 aromatic rings. The zero-order chi connectivity index (χ0) is 17.6. The van der Waals surface area contributed by atoms with Crippen LogP contribution >= 0.6 is 12.4 Å². The summed E-state index contributed by atoms with van der Waals surface area (Å²) >= 11 is 0. The summed E-state index contributed by atoms with van der Waals surface area (Å²) in [6.45, 7) is 4.54. The summed E-state index contributed by atoms with van der Waals surface area (Å²) in [7, 11) is 0. The predicted octanol–water partition coefficient (Wildman–Crippen LogP) is 4.48. The molecular weight excluding hydrogens is 356 g/mol. The van der Waals surface area contributed by atoms with Gasteiger partial charge in [0.25, 0.3) is 0 Å². The Morgan fingerprint density at radius 2 is 1.04 bits per heavy atom. The van der Waals surface area contributed by atoms with Crippen molar-refractivity contribution in [3.63, 3.8) is 0 Å². The van der Waals surface area contributed by atoms with Crippen molar-refractivity contribution in [1.82, 2.24) is 10.6 Å². The molecule has 0 amide bonds. The first-order valence-corrected chi connectivity index (χ1v) is 10.0. The molecule has 146 valence electrons. The van der Waals surface area contributed by atoms with Gasteiger partial charge in [-0.3, -0.25) is 0 Å². The number of piperidine rings is 2. The molecule has 2 saturated heterocycles. The number of benzene rings is 2. The molecule has 2 aromatic carbocycles. The number of nitrogens with one attached hydrogen (secondary N) is 4. The fraction of sp³-hybridized carbons (Fsp3) is 0.455. The molecule has 4 N–H and O–H groups in total. The van der Waals surface area contributed by atoms with Crippen LogP contribution in [-0.2, 0) is 0 Å². The van der Waals surface area contributed by atoms with Gasteiger partial charge in [0.15, 0.2) is 0 Å². The van der Waals surface area contributed by atoms with Crippen LogP contribution in [0.3, 0.4) is 0 Å². The lowest BCUT2D eigenvalue weighted by Gasteiger charge is -2.23. The molecule has 4 rings (SSSR count). The molecule has 2 fully saturated rings. The SMILES string of the molecule is Cl.c1cc(C2CCCNC2)ccc1NNc1ccc(C2CCCNC2)cc1. The van der Waals surface area contributed by atoms with Crippen LogP contribution in [0.25, 0.3) is 0 Å². The summed E-state index contributed by atoms with van der Waals surface area (Å²) in [5.41, 5.74) is 11.7. The second-order valence-corrected chi connectivity index (χ2v) is 7.58. The van der Waals surface area contributed by atoms with Crippen molar-refractivity contribution in [1.29, 1.82) is 0 Å². The van der Waals surface area contributed by atoms with Gasteiger partial charge in [0.1, 0.15) is 0 Å². The van der Waals surface area contributed by atoms with Gasteiger partial charge in [0.05, 0.1) is 11.4 Å². The van der Waals surface area contributed by atoms with E-state index in [1.807, 2.05) is 0 Å². The smallest absolute Gasteiger partial charge is 0.0540 e. The second kappa shape index (κ2) is 9.98. The Labute approximate surface area is 168 Å². The maximum Gasteiger partial charge on any atom is 0.0540 e. The minimum absolute atomic E-state index is 0. The van der Waals surface area contributed by atoms with Crippen LogP contribution in [0.2, 0.25) is 0 Å². The molecule has 2 unspecified atom stereocenters. The van der Waals surface area contributed by atoms with E-state index in [0.717, 1.165) is 37.6 Å². The molecule has 0 spiro atoms. The molecule has 0 saturated carbocycles. The summed E-state index contributed by atoms with van der Waals surface area (Å²) < 4.78 is 0. The monoisotopic (exact) mass is 386 g/mol. The molecule has 2 aliphatic heterocycles. The molecule has 2 aliphatic rings. The van der Waals surface area contributed by atoms with Gasteiger partial charge in [-0.25, -0.2) is 0 Å². The van der Waals surface area contributed by atoms with Crippen molar-refractivity contribution >= 4 is 23.8 Å². The minimum Gasteiger partial charge on any atom is -0.316 e. The fourth-order valence-corrected chi connectivity index (χ4v) is 4.09. The minimum atomic E-state index is 0. The topological polar surface area (TPSA) is 48.1 Å². The van der Waals surface area contributed by atoms with E-state index in [1.165, 1.54) is 36.8 Å². The summed E-state index contributed by atoms with van der Waals surface area (Å²) in [5, 5.41) is 6.98. The van der Waals surface area contributed by atoms with Gasteiger partial charge >= 0.3 is 0 Å². The molecule has 0 aliphatic carbocycles. The van der Waals surface area contributed by atoms with Gasteiger partial charge in [-0.15, -0.1) is 12.4 Å². The van der Waals surface area contributed by atoms with Gasteiger partial charge in [0, 0.05) is 13.1 Å². The molecule has 0 aromatic heterocycles. The number of hydrazine groups is 1. The van der Waals surface area contributed by atoms with Crippen molar-refractivity contribution in [3.05, 3.63) is 59.7 Å². The van der Waals surface area contributed by atoms with Gasteiger partial charge in [-0.2, -0.15) is 0 Å². The second-order valence-electron chi connectivity index (χ2n) is 7.58. The Hall–Kier alpha value is -1.75. The van der Waals surface area contributed by atoms with Gasteiger partial charge in [-0.1, -0.05) is 24.3 Å². The lowest BCUT2D eigenvalue weighted by Crippen LogP contribution is -2.28. The molecule has 27 heavy (non-hydrogen) atoms. The van der Waals surface area contributed by atoms with E-state index in [0.29, 0.717) is 11.8 Å². The molecule has 0 bridgehead atoms. The van der Waals surface area contributed by atoms with E-state index in [9.17, 15) is 0 Å². The summed E-state index contributed by atoms with van der Waals surface area (Å²) in [5.74, 6) is 1.32. The van der Waals surface area contributed by atoms with E-state index < -0.39 is 0 Å². The van der Waals surface area contributed by atoms with Crippen LogP contribution in [0.15, 0.2) is 48.5 Å². The first-order valence-electron chi connectivity index (χ1n) is 10.0. The van der Waals surface area contributed by atoms with Crippen LogP contribution in [0.5, 0.6) is 0 Å². The Morgan fingerprint density at radius 3 is 1.37 bits per heavy atom. The molecule has 4 nitrogen and oxygen atoms in total. The lowest BCUT2D eigenvalue weighted by molar-refractivity contribution is 0.461. The zero-order valence-corrected chi connectivity index (χ0v) is 16.7. The molecular formula is C22H31ClN4. The maximum absolute atomic E-state index is 3.49. The first-order chi connectivity index (χ1) is 12.9. The molecule has 5 heteroatoms. The van der Waals surface area contributed by atoms with Crippen molar-refractivity contribution in [2.24, 2.45) is 0 Å². The average molecular weight is 387 g/mol. The van der Waals surface area contributed by atoms with Crippen molar-refractivity contribution in [3.8, 4) is 0 Å². The van der Waals surface area contributed by atoms with E-state index in [4.69, 9.17) is 0 Å². The lowest BCUT2D eigenvalue weighted by atomic mass is 9.91. The van der Waals surface area contributed by atoms with Crippen LogP contribution < -0.4 is 21.5 Å². The van der Waals surface area contributed by atoms with Crippen molar-refractivity contribution < 1.29 is 0 Å². The summed E-state index contributed by atoms with van der Waals surface area (Å²) in [6, 6.07) is 17.7. The Bertz CT molecular complexity index is 613. The van der Waals surface area contributed by atoms with Crippen LogP contribution in [0.1, 0.15) is 48.6 Å². The number of halogens is 1. The summed E-state index contributed by atoms with van der Waals surface area (Å²) in [6.07, 6.45) is 5.14. The Balaban J connectivity index is 0.00000210. The van der Waals surface area contributed by atoms with Crippen LogP contribution in [-0.4, -0.2) is 26.2 Å². The highest BCUT2D eigenvalue weighted by atomic mass is 35.5. The van der Waals surface area contributed by atoms with E-state index >= 15 is 0 Å². The third kappa shape index (κ3) is 5.38. The van der Waals surface area contributed by atoms with Crippen molar-refractivity contribution in [2.45, 2.75) is 37.5 Å². The van der Waals surface area contributed by atoms with Crippen LogP contribution in [0, 0.1) is 0 Å². The quantitative estimate of drug-likeness (QED) is 0.572. The average Bonchev–Trinajstić information content (AvgIpc) is 2.74. The molecule has 0 radical (unpaired) electrons. The van der Waals surface area contributed by atoms with E-state index in [-0.39, 0.29) is 12.4 Å². The van der Waals surface area contributed by atoms with Gasteiger partial charge < -0.3 is 21.5 Å². The van der Waals surface area contributed by atoms with Gasteiger partial charge in [0.2, 0.25) is 0 Å². The zero-order valence-electron chi connectivity index (χ0n) is 15.8. The predicted molar refractivity (Wildman–Crippen MR) is 117 cm³/mol. The molecule has 2 heterocycles. The highest BCUT2D eigenvalue weighted by Crippen LogP contribution is 2.26. The first kappa shape index (κ1) is 20.0. The fourth-order valence-electron chi connectivity index (χ4n) is 4.09. The number of hydrogen-bond donors (Lipinski definition) is 4. The highest BCUT2D eigenvalue weighted by Gasteiger charge is 2.15. The largest absolute Gasteiger partial charge is 0.316 e. The Kier molecular flexibility index (Phi) is 7.39. The van der Waals surface area contributed by atoms with Crippen LogP contribution in [0.4, 0.5) is 11.4 Å². The van der Waals surface area contributed by atoms with Crippen molar-refractivity contribution in [2.75, 3.05) is 37.0 Å². The van der Waals surface area contributed by atoms with E-state index in [1.54, 1.807) is 0 Å². The molecule has 2 atom stereocenters. The number of anilines is 2.